The highest BCUT2D eigenvalue weighted by Gasteiger charge is 2.03. The summed E-state index contributed by atoms with van der Waals surface area (Å²) in [7, 11) is 0. The van der Waals surface area contributed by atoms with Crippen LogP contribution >= 0.6 is 0 Å². The third-order valence-electron chi connectivity index (χ3n) is 3.01. The van der Waals surface area contributed by atoms with Crippen LogP contribution in [0.3, 0.4) is 0 Å². The Balaban J connectivity index is 3.59. The summed E-state index contributed by atoms with van der Waals surface area (Å²) in [5.41, 5.74) is 1.57. The molecule has 1 heteroatoms. The van der Waals surface area contributed by atoms with Crippen LogP contribution < -0.4 is 5.32 Å². The molecule has 0 spiro atoms. The van der Waals surface area contributed by atoms with Crippen molar-refractivity contribution >= 4 is 0 Å². The fraction of sp³-hybridized carbons (Fsp3) is 0.857. The molecule has 0 aliphatic carbocycles. The molecule has 0 aliphatic rings. The van der Waals surface area contributed by atoms with Crippen molar-refractivity contribution < 1.29 is 0 Å². The number of hydrogen-bond donors (Lipinski definition) is 1. The van der Waals surface area contributed by atoms with Gasteiger partial charge in [-0.3, -0.25) is 0 Å². The van der Waals surface area contributed by atoms with Gasteiger partial charge in [0, 0.05) is 0 Å². The Bertz CT molecular complexity index is 157. The van der Waals surface area contributed by atoms with E-state index in [1.807, 2.05) is 0 Å². The van der Waals surface area contributed by atoms with Crippen LogP contribution in [0.4, 0.5) is 0 Å². The van der Waals surface area contributed by atoms with Crippen molar-refractivity contribution in [3.63, 3.8) is 0 Å². The van der Waals surface area contributed by atoms with Crippen molar-refractivity contribution in [3.05, 3.63) is 11.6 Å². The van der Waals surface area contributed by atoms with Crippen molar-refractivity contribution in [3.8, 4) is 0 Å². The van der Waals surface area contributed by atoms with Crippen molar-refractivity contribution in [1.29, 1.82) is 0 Å². The maximum absolute atomic E-state index is 3.43. The lowest BCUT2D eigenvalue weighted by atomic mass is 9.95. The molecule has 0 aromatic rings. The molecule has 0 radical (unpaired) electrons. The molecule has 0 unspecified atom stereocenters. The molecule has 0 saturated carbocycles. The van der Waals surface area contributed by atoms with E-state index in [0.717, 1.165) is 19.0 Å². The number of allylic oxidation sites excluding steroid dienone is 1. The molecule has 0 bridgehead atoms. The molecule has 0 fully saturated rings. The van der Waals surface area contributed by atoms with Crippen LogP contribution in [-0.2, 0) is 0 Å². The Morgan fingerprint density at radius 2 is 1.80 bits per heavy atom. The summed E-state index contributed by atoms with van der Waals surface area (Å²) >= 11 is 0. The van der Waals surface area contributed by atoms with Crippen LogP contribution in [0.15, 0.2) is 11.6 Å². The van der Waals surface area contributed by atoms with E-state index in [9.17, 15) is 0 Å². The highest BCUT2D eigenvalue weighted by molar-refractivity contribution is 4.99. The minimum absolute atomic E-state index is 0.893. The molecular weight excluding hydrogens is 182 g/mol. The summed E-state index contributed by atoms with van der Waals surface area (Å²) < 4.78 is 0. The minimum atomic E-state index is 0.893. The van der Waals surface area contributed by atoms with Gasteiger partial charge in [-0.15, -0.1) is 0 Å². The van der Waals surface area contributed by atoms with E-state index in [1.165, 1.54) is 32.1 Å². The van der Waals surface area contributed by atoms with Crippen LogP contribution in [0.1, 0.15) is 59.8 Å². The predicted molar refractivity (Wildman–Crippen MR) is 70.2 cm³/mol. The van der Waals surface area contributed by atoms with Crippen molar-refractivity contribution in [1.82, 2.24) is 5.32 Å². The molecular formula is C14H29N. The minimum Gasteiger partial charge on any atom is -0.316 e. The number of hydrogen-bond acceptors (Lipinski definition) is 1. The van der Waals surface area contributed by atoms with Gasteiger partial charge in [0.15, 0.2) is 0 Å². The van der Waals surface area contributed by atoms with E-state index >= 15 is 0 Å². The summed E-state index contributed by atoms with van der Waals surface area (Å²) in [4.78, 5) is 0. The quantitative estimate of drug-likeness (QED) is 0.446. The molecule has 1 N–H and O–H groups in total. The van der Waals surface area contributed by atoms with Gasteiger partial charge < -0.3 is 5.32 Å². The summed E-state index contributed by atoms with van der Waals surface area (Å²) in [5.74, 6) is 0.893. The Morgan fingerprint density at radius 3 is 2.33 bits per heavy atom. The van der Waals surface area contributed by atoms with E-state index in [-0.39, 0.29) is 0 Å². The van der Waals surface area contributed by atoms with Crippen LogP contribution in [0.2, 0.25) is 0 Å². The summed E-state index contributed by atoms with van der Waals surface area (Å²) in [6.07, 6.45) is 8.75. The van der Waals surface area contributed by atoms with E-state index in [0.29, 0.717) is 0 Å². The zero-order valence-electron chi connectivity index (χ0n) is 11.1. The largest absolute Gasteiger partial charge is 0.316 e. The maximum Gasteiger partial charge on any atom is -0.00142 e. The Kier molecular flexibility index (Phi) is 10.0. The molecule has 0 saturated heterocycles. The van der Waals surface area contributed by atoms with Gasteiger partial charge in [-0.1, -0.05) is 45.3 Å². The molecule has 0 heterocycles. The third kappa shape index (κ3) is 8.68. The Labute approximate surface area is 96.3 Å². The summed E-state index contributed by atoms with van der Waals surface area (Å²) in [6.45, 7) is 11.4. The molecule has 0 aliphatic heterocycles. The van der Waals surface area contributed by atoms with Crippen LogP contribution in [0, 0.1) is 5.92 Å². The van der Waals surface area contributed by atoms with E-state index in [2.05, 4.69) is 39.1 Å². The van der Waals surface area contributed by atoms with Gasteiger partial charge in [-0.05, 0) is 45.2 Å². The smallest absolute Gasteiger partial charge is 0.00142 e. The second kappa shape index (κ2) is 10.2. The van der Waals surface area contributed by atoms with Gasteiger partial charge in [0.05, 0.1) is 0 Å². The topological polar surface area (TPSA) is 12.0 Å². The average molecular weight is 211 g/mol. The molecule has 0 aromatic carbocycles. The van der Waals surface area contributed by atoms with E-state index in [1.54, 1.807) is 5.57 Å². The highest BCUT2D eigenvalue weighted by Crippen LogP contribution is 2.18. The molecule has 0 aromatic heterocycles. The van der Waals surface area contributed by atoms with Gasteiger partial charge in [-0.25, -0.2) is 0 Å². The fourth-order valence-corrected chi connectivity index (χ4v) is 1.84. The van der Waals surface area contributed by atoms with Crippen LogP contribution in [0.5, 0.6) is 0 Å². The van der Waals surface area contributed by atoms with Crippen LogP contribution in [0.25, 0.3) is 0 Å². The summed E-state index contributed by atoms with van der Waals surface area (Å²) in [6, 6.07) is 0. The molecule has 0 amide bonds. The van der Waals surface area contributed by atoms with Crippen molar-refractivity contribution in [2.24, 2.45) is 5.92 Å². The zero-order chi connectivity index (χ0) is 11.5. The first-order chi connectivity index (χ1) is 7.24. The third-order valence-corrected chi connectivity index (χ3v) is 3.01. The second-order valence-corrected chi connectivity index (χ2v) is 4.48. The normalized spacial score (nSPS) is 12.5. The lowest BCUT2D eigenvalue weighted by molar-refractivity contribution is 0.487. The maximum atomic E-state index is 3.43. The standard InChI is InChI=1S/C14H29N/c1-5-10-15-11-8-9-13(4)12-14(6-2)7-3/h9,14-15H,5-8,10-12H2,1-4H3/b13-9-. The van der Waals surface area contributed by atoms with Gasteiger partial charge in [0.2, 0.25) is 0 Å². The Morgan fingerprint density at radius 1 is 1.13 bits per heavy atom. The first kappa shape index (κ1) is 14.7. The number of nitrogens with one attached hydrogen (secondary N) is 1. The van der Waals surface area contributed by atoms with Gasteiger partial charge in [-0.2, -0.15) is 0 Å². The Hall–Kier alpha value is -0.300. The second-order valence-electron chi connectivity index (χ2n) is 4.48. The molecule has 0 rings (SSSR count). The monoisotopic (exact) mass is 211 g/mol. The van der Waals surface area contributed by atoms with Gasteiger partial charge in [0.1, 0.15) is 0 Å². The van der Waals surface area contributed by atoms with Crippen molar-refractivity contribution in [2.75, 3.05) is 13.1 Å². The van der Waals surface area contributed by atoms with E-state index < -0.39 is 0 Å². The van der Waals surface area contributed by atoms with E-state index in [4.69, 9.17) is 0 Å². The van der Waals surface area contributed by atoms with Gasteiger partial charge >= 0.3 is 0 Å². The first-order valence-electron chi connectivity index (χ1n) is 6.60. The fourth-order valence-electron chi connectivity index (χ4n) is 1.84. The number of rotatable bonds is 9. The highest BCUT2D eigenvalue weighted by atomic mass is 14.8. The molecule has 0 atom stereocenters. The van der Waals surface area contributed by atoms with Crippen LogP contribution in [-0.4, -0.2) is 13.1 Å². The molecule has 1 nitrogen and oxygen atoms in total. The lowest BCUT2D eigenvalue weighted by Gasteiger charge is -2.12. The SMILES string of the molecule is CCCNCC/C=C(/C)CC(CC)CC. The zero-order valence-corrected chi connectivity index (χ0v) is 11.1. The lowest BCUT2D eigenvalue weighted by Crippen LogP contribution is -2.15. The molecule has 90 valence electrons. The molecule has 15 heavy (non-hydrogen) atoms. The van der Waals surface area contributed by atoms with Crippen molar-refractivity contribution in [2.45, 2.75) is 59.8 Å². The average Bonchev–Trinajstić information content (AvgIpc) is 2.25. The van der Waals surface area contributed by atoms with Gasteiger partial charge in [0.25, 0.3) is 0 Å². The predicted octanol–water partition coefficient (Wildman–Crippen LogP) is 4.15. The summed E-state index contributed by atoms with van der Waals surface area (Å²) in [5, 5.41) is 3.43. The first-order valence-corrected chi connectivity index (χ1v) is 6.60.